The van der Waals surface area contributed by atoms with Crippen LogP contribution in [-0.4, -0.2) is 14.0 Å². The van der Waals surface area contributed by atoms with Crippen molar-refractivity contribution in [2.75, 3.05) is 0 Å². The molecule has 1 aromatic carbocycles. The van der Waals surface area contributed by atoms with Gasteiger partial charge in [0.2, 0.25) is 0 Å². The summed E-state index contributed by atoms with van der Waals surface area (Å²) in [5.41, 5.74) is 0.463. The molecule has 50 valence electrons. The van der Waals surface area contributed by atoms with Crippen LogP contribution in [0.5, 0.6) is 0 Å². The van der Waals surface area contributed by atoms with Crippen molar-refractivity contribution in [3.05, 3.63) is 35.9 Å². The number of hydrogen-bond acceptors (Lipinski definition) is 2. The maximum Gasteiger partial charge on any atom is 1.00 e. The van der Waals surface area contributed by atoms with Gasteiger partial charge in [-0.05, 0) is 12.1 Å². The molecule has 0 heterocycles. The first-order chi connectivity index (χ1) is 4.84. The standard InChI is InChI=1S/C7H5BO2.Na.H/c8-10-7(9)6-4-2-1-3-5-6;;/h1-5H;;/q;+1;-1. The molecule has 0 unspecified atom stereocenters. The van der Waals surface area contributed by atoms with E-state index < -0.39 is 5.97 Å². The predicted molar refractivity (Wildman–Crippen MR) is 38.7 cm³/mol. The smallest absolute Gasteiger partial charge is 1.00 e. The van der Waals surface area contributed by atoms with Crippen molar-refractivity contribution in [3.63, 3.8) is 0 Å². The summed E-state index contributed by atoms with van der Waals surface area (Å²) in [6, 6.07) is 8.57. The molecule has 4 heteroatoms. The fourth-order valence-corrected chi connectivity index (χ4v) is 0.642. The molecule has 0 fully saturated rings. The average Bonchev–Trinajstić information content (AvgIpc) is 2.05. The monoisotopic (exact) mass is 156 g/mol. The molecule has 11 heavy (non-hydrogen) atoms. The number of carbonyl (C=O) groups is 1. The van der Waals surface area contributed by atoms with E-state index in [1.54, 1.807) is 24.3 Å². The third-order valence-electron chi connectivity index (χ3n) is 1.12. The first kappa shape index (κ1) is 10.8. The molecule has 0 amide bonds. The van der Waals surface area contributed by atoms with Crippen LogP contribution < -0.4 is 29.6 Å². The molecule has 0 N–H and O–H groups in total. The minimum Gasteiger partial charge on any atom is -1.00 e. The van der Waals surface area contributed by atoms with Gasteiger partial charge in [0.05, 0.1) is 5.56 Å². The Balaban J connectivity index is 0. The van der Waals surface area contributed by atoms with Gasteiger partial charge in [0, 0.05) is 0 Å². The summed E-state index contributed by atoms with van der Waals surface area (Å²) in [5, 5.41) is 0. The second-order valence-corrected chi connectivity index (χ2v) is 1.77. The van der Waals surface area contributed by atoms with Gasteiger partial charge >= 0.3 is 43.6 Å². The minimum absolute atomic E-state index is 0. The summed E-state index contributed by atoms with van der Waals surface area (Å²) < 4.78 is 4.00. The van der Waals surface area contributed by atoms with Gasteiger partial charge in [-0.15, -0.1) is 0 Å². The first-order valence-electron chi connectivity index (χ1n) is 2.80. The molecule has 2 radical (unpaired) electrons. The van der Waals surface area contributed by atoms with Crippen LogP contribution in [0.1, 0.15) is 11.8 Å². The van der Waals surface area contributed by atoms with Crippen LogP contribution in [0.2, 0.25) is 0 Å². The third kappa shape index (κ3) is 3.10. The molecule has 0 saturated heterocycles. The number of rotatable bonds is 1. The van der Waals surface area contributed by atoms with Crippen LogP contribution in [0.3, 0.4) is 0 Å². The Kier molecular flexibility index (Phi) is 5.29. The number of carbonyl (C=O) groups excluding carboxylic acids is 1. The normalized spacial score (nSPS) is 8.00. The van der Waals surface area contributed by atoms with Crippen molar-refractivity contribution < 1.29 is 40.4 Å². The van der Waals surface area contributed by atoms with E-state index in [9.17, 15) is 4.79 Å². The second kappa shape index (κ2) is 5.41. The molecule has 0 aliphatic carbocycles. The van der Waals surface area contributed by atoms with Gasteiger partial charge in [0.1, 0.15) is 0 Å². The van der Waals surface area contributed by atoms with Crippen molar-refractivity contribution in [3.8, 4) is 0 Å². The van der Waals surface area contributed by atoms with Crippen LogP contribution in [0, 0.1) is 0 Å². The fourth-order valence-electron chi connectivity index (χ4n) is 0.642. The summed E-state index contributed by atoms with van der Waals surface area (Å²) in [6.45, 7) is 0. The zero-order chi connectivity index (χ0) is 7.40. The Morgan fingerprint density at radius 1 is 1.36 bits per heavy atom. The fraction of sp³-hybridized carbons (Fsp3) is 0. The van der Waals surface area contributed by atoms with Crippen LogP contribution >= 0.6 is 0 Å². The predicted octanol–water partition coefficient (Wildman–Crippen LogP) is -1.96. The Morgan fingerprint density at radius 2 is 1.91 bits per heavy atom. The molecule has 2 nitrogen and oxygen atoms in total. The quantitative estimate of drug-likeness (QED) is 0.441. The maximum absolute atomic E-state index is 10.7. The summed E-state index contributed by atoms with van der Waals surface area (Å²) in [7, 11) is 4.65. The van der Waals surface area contributed by atoms with Gasteiger partial charge in [-0.2, -0.15) is 0 Å². The van der Waals surface area contributed by atoms with E-state index in [0.717, 1.165) is 0 Å². The van der Waals surface area contributed by atoms with Gasteiger partial charge in [-0.3, -0.25) is 0 Å². The Bertz CT molecular complexity index is 230. The molecule has 0 saturated carbocycles. The Morgan fingerprint density at radius 3 is 2.36 bits per heavy atom. The Labute approximate surface area is 90.2 Å². The number of hydrogen-bond donors (Lipinski definition) is 0. The number of benzene rings is 1. The van der Waals surface area contributed by atoms with Gasteiger partial charge in [-0.25, -0.2) is 4.79 Å². The van der Waals surface area contributed by atoms with E-state index in [0.29, 0.717) is 5.56 Å². The van der Waals surface area contributed by atoms with Gasteiger partial charge in [0.15, 0.2) is 0 Å². The van der Waals surface area contributed by atoms with Gasteiger partial charge in [-0.1, -0.05) is 18.2 Å². The van der Waals surface area contributed by atoms with E-state index in [-0.39, 0.29) is 31.0 Å². The van der Waals surface area contributed by atoms with Crippen molar-refractivity contribution in [1.29, 1.82) is 0 Å². The SMILES string of the molecule is [B]OC(=O)c1ccccc1.[H-].[Na+]. The molecule has 0 aliphatic rings. The topological polar surface area (TPSA) is 26.3 Å². The van der Waals surface area contributed by atoms with Crippen LogP contribution in [0.15, 0.2) is 30.3 Å². The van der Waals surface area contributed by atoms with Gasteiger partial charge in [0.25, 0.3) is 0 Å². The molecule has 0 aromatic heterocycles. The second-order valence-electron chi connectivity index (χ2n) is 1.77. The molecule has 0 atom stereocenters. The minimum atomic E-state index is -0.513. The molecule has 0 spiro atoms. The summed E-state index contributed by atoms with van der Waals surface area (Å²) in [4.78, 5) is 10.7. The van der Waals surface area contributed by atoms with E-state index in [1.165, 1.54) is 0 Å². The van der Waals surface area contributed by atoms with Crippen molar-refractivity contribution in [2.24, 2.45) is 0 Å². The van der Waals surface area contributed by atoms with Crippen molar-refractivity contribution in [2.45, 2.75) is 0 Å². The molecule has 0 aliphatic heterocycles. The van der Waals surface area contributed by atoms with E-state index >= 15 is 0 Å². The van der Waals surface area contributed by atoms with Crippen molar-refractivity contribution in [1.82, 2.24) is 0 Å². The summed E-state index contributed by atoms with van der Waals surface area (Å²) in [6.07, 6.45) is 0. The first-order valence-corrected chi connectivity index (χ1v) is 2.80. The van der Waals surface area contributed by atoms with Crippen LogP contribution in [-0.2, 0) is 4.65 Å². The zero-order valence-electron chi connectivity index (χ0n) is 7.28. The Hall–Kier alpha value is -0.245. The van der Waals surface area contributed by atoms with Gasteiger partial charge < -0.3 is 6.08 Å². The van der Waals surface area contributed by atoms with E-state index in [4.69, 9.17) is 0 Å². The molecule has 1 aromatic rings. The largest absolute Gasteiger partial charge is 1.00 e. The maximum atomic E-state index is 10.7. The van der Waals surface area contributed by atoms with Crippen molar-refractivity contribution >= 4 is 14.0 Å². The summed E-state index contributed by atoms with van der Waals surface area (Å²) in [5.74, 6) is -0.513. The molecular formula is C7H6BNaO2. The molecule has 1 rings (SSSR count). The third-order valence-corrected chi connectivity index (χ3v) is 1.12. The summed E-state index contributed by atoms with van der Waals surface area (Å²) >= 11 is 0. The average molecular weight is 156 g/mol. The van der Waals surface area contributed by atoms with Crippen LogP contribution in [0.4, 0.5) is 0 Å². The molecular weight excluding hydrogens is 150 g/mol. The van der Waals surface area contributed by atoms with E-state index in [2.05, 4.69) is 12.7 Å². The van der Waals surface area contributed by atoms with Crippen LogP contribution in [0.25, 0.3) is 0 Å². The molecule has 0 bridgehead atoms. The van der Waals surface area contributed by atoms with E-state index in [1.807, 2.05) is 6.07 Å². The zero-order valence-corrected chi connectivity index (χ0v) is 8.28.